The van der Waals surface area contributed by atoms with Crippen LogP contribution in [0.4, 0.5) is 4.79 Å². The van der Waals surface area contributed by atoms with E-state index in [1.165, 1.54) is 4.90 Å². The smallest absolute Gasteiger partial charge is 0.317 e. The number of rotatable bonds is 4. The zero-order chi connectivity index (χ0) is 17.1. The number of benzene rings is 1. The van der Waals surface area contributed by atoms with E-state index in [2.05, 4.69) is 15.5 Å². The summed E-state index contributed by atoms with van der Waals surface area (Å²) in [6, 6.07) is 6.69. The first-order chi connectivity index (χ1) is 11.5. The summed E-state index contributed by atoms with van der Waals surface area (Å²) in [4.78, 5) is 28.6. The molecule has 1 atom stereocenters. The maximum absolute atomic E-state index is 12.0. The Balaban J connectivity index is 1.56. The van der Waals surface area contributed by atoms with Gasteiger partial charge in [0.05, 0.1) is 12.5 Å². The van der Waals surface area contributed by atoms with Crippen molar-refractivity contribution < 1.29 is 19.2 Å². The summed E-state index contributed by atoms with van der Waals surface area (Å²) in [5, 5.41) is 16.0. The normalized spacial score (nSPS) is 17.0. The number of carbonyl (C=O) groups excluding carboxylic acids is 1. The Bertz CT molecular complexity index is 763. The number of hydrogen-bond donors (Lipinski definition) is 2. The van der Waals surface area contributed by atoms with E-state index in [-0.39, 0.29) is 25.0 Å². The maximum atomic E-state index is 12.0. The summed E-state index contributed by atoms with van der Waals surface area (Å²) in [6.45, 7) is 0.694. The Morgan fingerprint density at radius 3 is 3.00 bits per heavy atom. The molecule has 2 amide bonds. The van der Waals surface area contributed by atoms with Crippen LogP contribution in [0.2, 0.25) is 5.02 Å². The molecule has 3 rings (SSSR count). The first kappa shape index (κ1) is 16.3. The molecule has 1 aromatic carbocycles. The van der Waals surface area contributed by atoms with Crippen molar-refractivity contribution in [2.45, 2.75) is 13.0 Å². The van der Waals surface area contributed by atoms with Gasteiger partial charge in [-0.05, 0) is 18.6 Å². The molecule has 8 nitrogen and oxygen atoms in total. The van der Waals surface area contributed by atoms with Gasteiger partial charge in [-0.1, -0.05) is 28.9 Å². The van der Waals surface area contributed by atoms with Gasteiger partial charge in [-0.3, -0.25) is 4.79 Å². The molecular weight excluding hydrogens is 336 g/mol. The van der Waals surface area contributed by atoms with Crippen LogP contribution in [0, 0.1) is 5.92 Å². The summed E-state index contributed by atoms with van der Waals surface area (Å²) < 4.78 is 5.10. The Kier molecular flexibility index (Phi) is 4.66. The molecule has 0 aliphatic carbocycles. The second kappa shape index (κ2) is 6.88. The van der Waals surface area contributed by atoms with Gasteiger partial charge in [0.1, 0.15) is 0 Å². The van der Waals surface area contributed by atoms with Crippen LogP contribution in [0.3, 0.4) is 0 Å². The summed E-state index contributed by atoms with van der Waals surface area (Å²) in [6.07, 6.45) is 0.461. The molecule has 24 heavy (non-hydrogen) atoms. The number of carbonyl (C=O) groups is 2. The van der Waals surface area contributed by atoms with E-state index in [9.17, 15) is 9.59 Å². The standard InChI is InChI=1S/C15H15ClN4O4/c16-11-3-1-2-9(6-11)13-18-12(24-19-13)7-17-15(23)20-5-4-10(8-20)14(21)22/h1-3,6,10H,4-5,7-8H2,(H,17,23)(H,21,22). The summed E-state index contributed by atoms with van der Waals surface area (Å²) in [5.74, 6) is -0.747. The van der Waals surface area contributed by atoms with Crippen LogP contribution >= 0.6 is 11.6 Å². The van der Waals surface area contributed by atoms with E-state index < -0.39 is 11.9 Å². The average molecular weight is 351 g/mol. The van der Waals surface area contributed by atoms with Crippen LogP contribution in [0.15, 0.2) is 28.8 Å². The molecule has 1 saturated heterocycles. The lowest BCUT2D eigenvalue weighted by atomic mass is 10.1. The third-order valence-electron chi connectivity index (χ3n) is 3.77. The predicted octanol–water partition coefficient (Wildman–Crippen LogP) is 2.01. The SMILES string of the molecule is O=C(O)C1CCN(C(=O)NCc2nc(-c3cccc(Cl)c3)no2)C1. The molecule has 2 aromatic rings. The van der Waals surface area contributed by atoms with Crippen molar-refractivity contribution in [1.82, 2.24) is 20.4 Å². The number of likely N-dealkylation sites (tertiary alicyclic amines) is 1. The minimum absolute atomic E-state index is 0.0701. The monoisotopic (exact) mass is 350 g/mol. The van der Waals surface area contributed by atoms with Crippen molar-refractivity contribution in [3.8, 4) is 11.4 Å². The predicted molar refractivity (Wildman–Crippen MR) is 84.3 cm³/mol. The fourth-order valence-corrected chi connectivity index (χ4v) is 2.67. The maximum Gasteiger partial charge on any atom is 0.317 e. The minimum Gasteiger partial charge on any atom is -0.481 e. The Labute approximate surface area is 142 Å². The lowest BCUT2D eigenvalue weighted by Crippen LogP contribution is -2.38. The number of nitrogens with one attached hydrogen (secondary N) is 1. The summed E-state index contributed by atoms with van der Waals surface area (Å²) in [5.41, 5.74) is 0.715. The third-order valence-corrected chi connectivity index (χ3v) is 4.00. The van der Waals surface area contributed by atoms with Gasteiger partial charge in [-0.2, -0.15) is 4.98 Å². The van der Waals surface area contributed by atoms with Crippen LogP contribution < -0.4 is 5.32 Å². The third kappa shape index (κ3) is 3.65. The number of nitrogens with zero attached hydrogens (tertiary/aromatic N) is 3. The number of carboxylic acid groups (broad SMARTS) is 1. The number of urea groups is 1. The summed E-state index contributed by atoms with van der Waals surface area (Å²) in [7, 11) is 0. The fraction of sp³-hybridized carbons (Fsp3) is 0.333. The Morgan fingerprint density at radius 1 is 1.46 bits per heavy atom. The van der Waals surface area contributed by atoms with Crippen molar-refractivity contribution >= 4 is 23.6 Å². The van der Waals surface area contributed by atoms with Crippen LogP contribution in [-0.4, -0.2) is 45.2 Å². The number of aliphatic carboxylic acids is 1. The number of halogens is 1. The lowest BCUT2D eigenvalue weighted by molar-refractivity contribution is -0.141. The highest BCUT2D eigenvalue weighted by Gasteiger charge is 2.30. The fourth-order valence-electron chi connectivity index (χ4n) is 2.48. The highest BCUT2D eigenvalue weighted by Crippen LogP contribution is 2.20. The largest absolute Gasteiger partial charge is 0.481 e. The second-order valence-corrected chi connectivity index (χ2v) is 5.89. The average Bonchev–Trinajstić information content (AvgIpc) is 3.22. The van der Waals surface area contributed by atoms with E-state index >= 15 is 0 Å². The van der Waals surface area contributed by atoms with Crippen LogP contribution in [-0.2, 0) is 11.3 Å². The quantitative estimate of drug-likeness (QED) is 0.873. The zero-order valence-electron chi connectivity index (χ0n) is 12.6. The second-order valence-electron chi connectivity index (χ2n) is 5.45. The van der Waals surface area contributed by atoms with E-state index in [1.807, 2.05) is 0 Å². The first-order valence-corrected chi connectivity index (χ1v) is 7.75. The number of amides is 2. The Hall–Kier alpha value is -2.61. The molecule has 1 aliphatic rings. The minimum atomic E-state index is -0.881. The van der Waals surface area contributed by atoms with E-state index in [0.29, 0.717) is 29.4 Å². The molecule has 0 spiro atoms. The topological polar surface area (TPSA) is 109 Å². The van der Waals surface area contributed by atoms with Gasteiger partial charge in [0.15, 0.2) is 0 Å². The van der Waals surface area contributed by atoms with Gasteiger partial charge in [-0.25, -0.2) is 4.79 Å². The molecule has 2 N–H and O–H groups in total. The van der Waals surface area contributed by atoms with Gasteiger partial charge in [0, 0.05) is 23.7 Å². The van der Waals surface area contributed by atoms with Gasteiger partial charge in [-0.15, -0.1) is 0 Å². The lowest BCUT2D eigenvalue weighted by Gasteiger charge is -2.15. The van der Waals surface area contributed by atoms with Gasteiger partial charge in [0.2, 0.25) is 11.7 Å². The molecule has 9 heteroatoms. The van der Waals surface area contributed by atoms with Crippen molar-refractivity contribution in [3.05, 3.63) is 35.2 Å². The molecule has 0 saturated carbocycles. The highest BCUT2D eigenvalue weighted by atomic mass is 35.5. The van der Waals surface area contributed by atoms with Crippen molar-refractivity contribution in [2.75, 3.05) is 13.1 Å². The molecule has 1 aromatic heterocycles. The van der Waals surface area contributed by atoms with E-state index in [1.54, 1.807) is 24.3 Å². The molecule has 0 radical (unpaired) electrons. The molecule has 126 valence electrons. The van der Waals surface area contributed by atoms with Crippen LogP contribution in [0.25, 0.3) is 11.4 Å². The number of carboxylic acids is 1. The van der Waals surface area contributed by atoms with Gasteiger partial charge < -0.3 is 19.8 Å². The molecule has 1 unspecified atom stereocenters. The van der Waals surface area contributed by atoms with Crippen molar-refractivity contribution in [3.63, 3.8) is 0 Å². The number of aromatic nitrogens is 2. The molecule has 1 fully saturated rings. The van der Waals surface area contributed by atoms with Gasteiger partial charge in [0.25, 0.3) is 0 Å². The van der Waals surface area contributed by atoms with E-state index in [0.717, 1.165) is 0 Å². The van der Waals surface area contributed by atoms with Crippen molar-refractivity contribution in [1.29, 1.82) is 0 Å². The van der Waals surface area contributed by atoms with E-state index in [4.69, 9.17) is 21.2 Å². The highest BCUT2D eigenvalue weighted by molar-refractivity contribution is 6.30. The van der Waals surface area contributed by atoms with Crippen LogP contribution in [0.5, 0.6) is 0 Å². The molecule has 2 heterocycles. The molecule has 0 bridgehead atoms. The van der Waals surface area contributed by atoms with Gasteiger partial charge >= 0.3 is 12.0 Å². The van der Waals surface area contributed by atoms with Crippen LogP contribution in [0.1, 0.15) is 12.3 Å². The first-order valence-electron chi connectivity index (χ1n) is 7.37. The number of hydrogen-bond acceptors (Lipinski definition) is 5. The van der Waals surface area contributed by atoms with Crippen molar-refractivity contribution in [2.24, 2.45) is 5.92 Å². The Morgan fingerprint density at radius 2 is 2.29 bits per heavy atom. The zero-order valence-corrected chi connectivity index (χ0v) is 13.4. The molecular formula is C15H15ClN4O4. The summed E-state index contributed by atoms with van der Waals surface area (Å²) >= 11 is 5.92. The molecule has 1 aliphatic heterocycles.